The zero-order valence-corrected chi connectivity index (χ0v) is 17.2. The largest absolute Gasteiger partial charge is 0.293 e. The van der Waals surface area contributed by atoms with E-state index in [-0.39, 0.29) is 16.6 Å². The van der Waals surface area contributed by atoms with Gasteiger partial charge in [0.15, 0.2) is 5.78 Å². The number of aromatic nitrogens is 3. The van der Waals surface area contributed by atoms with Gasteiger partial charge in [-0.1, -0.05) is 68.9 Å². The fraction of sp³-hybridized carbons (Fsp3) is 0.391. The monoisotopic (exact) mass is 389 g/mol. The summed E-state index contributed by atoms with van der Waals surface area (Å²) in [4.78, 5) is 17.5. The first-order valence-corrected chi connectivity index (χ1v) is 10.8. The van der Waals surface area contributed by atoms with Gasteiger partial charge in [-0.25, -0.2) is 4.98 Å². The van der Waals surface area contributed by atoms with Crippen molar-refractivity contribution in [1.29, 1.82) is 0 Å². The van der Waals surface area contributed by atoms with E-state index in [1.54, 1.807) is 0 Å². The zero-order chi connectivity index (χ0) is 19.5. The Labute approximate surface area is 169 Å². The molecule has 2 atom stereocenters. The van der Waals surface area contributed by atoms with Crippen LogP contribution in [0.15, 0.2) is 47.6 Å². The van der Waals surface area contributed by atoms with Crippen molar-refractivity contribution in [2.24, 2.45) is 5.41 Å². The molecule has 142 valence electrons. The lowest BCUT2D eigenvalue weighted by Crippen LogP contribution is -2.32. The van der Waals surface area contributed by atoms with Gasteiger partial charge in [-0.05, 0) is 35.1 Å². The Balaban J connectivity index is 1.36. The van der Waals surface area contributed by atoms with Crippen LogP contribution in [0.2, 0.25) is 0 Å². The highest BCUT2D eigenvalue weighted by Gasteiger charge is 2.61. The van der Waals surface area contributed by atoms with E-state index in [0.717, 1.165) is 34.1 Å². The van der Waals surface area contributed by atoms with E-state index in [9.17, 15) is 4.79 Å². The molecule has 1 aromatic heterocycles. The lowest BCUT2D eigenvalue weighted by Gasteiger charge is -2.33. The molecule has 2 aromatic carbocycles. The predicted molar refractivity (Wildman–Crippen MR) is 112 cm³/mol. The Morgan fingerprint density at radius 3 is 2.71 bits per heavy atom. The maximum atomic E-state index is 12.7. The summed E-state index contributed by atoms with van der Waals surface area (Å²) in [5.41, 5.74) is 3.13. The van der Waals surface area contributed by atoms with Crippen LogP contribution in [0, 0.1) is 5.41 Å². The minimum atomic E-state index is 0.0562. The lowest BCUT2D eigenvalue weighted by atomic mass is 9.70. The molecular formula is C23H23N3OS. The second-order valence-corrected chi connectivity index (χ2v) is 9.69. The number of nitrogens with zero attached hydrogens (tertiary/aromatic N) is 3. The third-order valence-corrected chi connectivity index (χ3v) is 8.01. The Morgan fingerprint density at radius 1 is 1.11 bits per heavy atom. The van der Waals surface area contributed by atoms with Crippen molar-refractivity contribution in [2.45, 2.75) is 50.1 Å². The van der Waals surface area contributed by atoms with E-state index < -0.39 is 0 Å². The SMILES string of the molecule is CC1(C)[C@H]2CC[C@]1(C)c1nc(SCC(=O)c3ccc4ccccc4c3)nnc12. The van der Waals surface area contributed by atoms with Gasteiger partial charge in [0.25, 0.3) is 0 Å². The number of ketones is 1. The van der Waals surface area contributed by atoms with Crippen LogP contribution in [0.1, 0.15) is 61.3 Å². The highest BCUT2D eigenvalue weighted by Crippen LogP contribution is 2.66. The molecule has 2 aliphatic carbocycles. The first-order valence-electron chi connectivity index (χ1n) is 9.80. The summed E-state index contributed by atoms with van der Waals surface area (Å²) in [5, 5.41) is 11.7. The minimum Gasteiger partial charge on any atom is -0.293 e. The van der Waals surface area contributed by atoms with Crippen LogP contribution < -0.4 is 0 Å². The molecule has 0 unspecified atom stereocenters. The van der Waals surface area contributed by atoms with Gasteiger partial charge in [0.2, 0.25) is 5.16 Å². The van der Waals surface area contributed by atoms with Crippen LogP contribution in [0.25, 0.3) is 10.8 Å². The molecular weight excluding hydrogens is 366 g/mol. The van der Waals surface area contributed by atoms with Gasteiger partial charge in [-0.2, -0.15) is 5.10 Å². The summed E-state index contributed by atoms with van der Waals surface area (Å²) in [6.45, 7) is 6.95. The minimum absolute atomic E-state index is 0.0562. The van der Waals surface area contributed by atoms with Crippen LogP contribution in [0.4, 0.5) is 0 Å². The van der Waals surface area contributed by atoms with E-state index >= 15 is 0 Å². The summed E-state index contributed by atoms with van der Waals surface area (Å²) in [6, 6.07) is 13.9. The number of hydrogen-bond acceptors (Lipinski definition) is 5. The van der Waals surface area contributed by atoms with Crippen LogP contribution >= 0.6 is 11.8 Å². The second-order valence-electron chi connectivity index (χ2n) is 8.75. The molecule has 4 nitrogen and oxygen atoms in total. The van der Waals surface area contributed by atoms with Gasteiger partial charge < -0.3 is 0 Å². The lowest BCUT2D eigenvalue weighted by molar-refractivity contribution is 0.102. The summed E-state index contributed by atoms with van der Waals surface area (Å²) in [5.74, 6) is 0.862. The maximum absolute atomic E-state index is 12.7. The Hall–Kier alpha value is -2.27. The summed E-state index contributed by atoms with van der Waals surface area (Å²) in [7, 11) is 0. The number of thioether (sulfide) groups is 1. The zero-order valence-electron chi connectivity index (χ0n) is 16.4. The van der Waals surface area contributed by atoms with Crippen LogP contribution in [-0.2, 0) is 5.41 Å². The van der Waals surface area contributed by atoms with Gasteiger partial charge >= 0.3 is 0 Å². The number of fused-ring (bicyclic) bond motifs is 6. The molecule has 1 heterocycles. The topological polar surface area (TPSA) is 55.7 Å². The molecule has 0 aliphatic heterocycles. The normalized spacial score (nSPS) is 24.5. The van der Waals surface area contributed by atoms with Gasteiger partial charge in [-0.15, -0.1) is 5.10 Å². The van der Waals surface area contributed by atoms with Gasteiger partial charge in [-0.3, -0.25) is 4.79 Å². The standard InChI is InChI=1S/C23H23N3OS/c1-22(2)17-10-11-23(22,3)20-19(17)25-26-21(24-20)28-13-18(27)16-9-8-14-6-4-5-7-15(14)12-16/h4-9,12,17H,10-11,13H2,1-3H3/t17-,23+/m0/s1. The molecule has 1 saturated carbocycles. The van der Waals surface area contributed by atoms with E-state index in [4.69, 9.17) is 4.98 Å². The van der Waals surface area contributed by atoms with Crippen LogP contribution in [-0.4, -0.2) is 26.7 Å². The number of carbonyl (C=O) groups is 1. The molecule has 5 rings (SSSR count). The number of rotatable bonds is 4. The highest BCUT2D eigenvalue weighted by atomic mass is 32.2. The van der Waals surface area contributed by atoms with Crippen molar-refractivity contribution < 1.29 is 4.79 Å². The number of hydrogen-bond donors (Lipinski definition) is 0. The molecule has 0 amide bonds. The van der Waals surface area contributed by atoms with E-state index in [0.29, 0.717) is 16.8 Å². The van der Waals surface area contributed by atoms with E-state index in [1.165, 1.54) is 18.2 Å². The van der Waals surface area contributed by atoms with Crippen molar-refractivity contribution in [1.82, 2.24) is 15.2 Å². The molecule has 1 fully saturated rings. The van der Waals surface area contributed by atoms with Gasteiger partial charge in [0, 0.05) is 16.9 Å². The third-order valence-electron chi connectivity index (χ3n) is 7.18. The number of benzene rings is 2. The van der Waals surface area contributed by atoms with Crippen LogP contribution in [0.3, 0.4) is 0 Å². The third kappa shape index (κ3) is 2.45. The molecule has 0 radical (unpaired) electrons. The fourth-order valence-corrected chi connectivity index (χ4v) is 5.68. The van der Waals surface area contributed by atoms with Crippen molar-refractivity contribution in [3.8, 4) is 0 Å². The predicted octanol–water partition coefficient (Wildman–Crippen LogP) is 5.17. The summed E-state index contributed by atoms with van der Waals surface area (Å²) in [6.07, 6.45) is 2.32. The Bertz CT molecular complexity index is 1110. The average Bonchev–Trinajstić information content (AvgIpc) is 3.04. The first-order chi connectivity index (χ1) is 13.4. The van der Waals surface area contributed by atoms with Gasteiger partial charge in [0.05, 0.1) is 17.1 Å². The maximum Gasteiger partial charge on any atom is 0.209 e. The highest BCUT2D eigenvalue weighted by molar-refractivity contribution is 7.99. The summed E-state index contributed by atoms with van der Waals surface area (Å²) < 4.78 is 0. The molecule has 2 bridgehead atoms. The fourth-order valence-electron chi connectivity index (χ4n) is 5.00. The van der Waals surface area contributed by atoms with Crippen molar-refractivity contribution in [3.05, 3.63) is 59.4 Å². The molecule has 3 aromatic rings. The quantitative estimate of drug-likeness (QED) is 0.455. The molecule has 0 saturated heterocycles. The van der Waals surface area contributed by atoms with E-state index in [1.807, 2.05) is 36.4 Å². The van der Waals surface area contributed by atoms with Gasteiger partial charge in [0.1, 0.15) is 0 Å². The van der Waals surface area contributed by atoms with Crippen molar-refractivity contribution >= 4 is 28.3 Å². The van der Waals surface area contributed by atoms with Crippen LogP contribution in [0.5, 0.6) is 0 Å². The molecule has 0 spiro atoms. The van der Waals surface area contributed by atoms with E-state index in [2.05, 4.69) is 37.0 Å². The average molecular weight is 390 g/mol. The second kappa shape index (κ2) is 6.11. The first kappa shape index (κ1) is 17.8. The smallest absolute Gasteiger partial charge is 0.209 e. The number of carbonyl (C=O) groups excluding carboxylic acids is 1. The summed E-state index contributed by atoms with van der Waals surface area (Å²) >= 11 is 1.39. The Morgan fingerprint density at radius 2 is 1.89 bits per heavy atom. The molecule has 28 heavy (non-hydrogen) atoms. The molecule has 2 aliphatic rings. The Kier molecular flexibility index (Phi) is 3.89. The number of Topliss-reactive ketones (excluding diaryl/α,β-unsaturated/α-hetero) is 1. The van der Waals surface area contributed by atoms with Crippen molar-refractivity contribution in [3.63, 3.8) is 0 Å². The molecule has 5 heteroatoms. The molecule has 0 N–H and O–H groups in total. The van der Waals surface area contributed by atoms with Crippen molar-refractivity contribution in [2.75, 3.05) is 5.75 Å².